The minimum absolute atomic E-state index is 0.176. The van der Waals surface area contributed by atoms with Crippen molar-refractivity contribution in [3.63, 3.8) is 0 Å². The predicted molar refractivity (Wildman–Crippen MR) is 132 cm³/mol. The van der Waals surface area contributed by atoms with Gasteiger partial charge >= 0.3 is 0 Å². The quantitative estimate of drug-likeness (QED) is 0.452. The lowest BCUT2D eigenvalue weighted by molar-refractivity contribution is 0.127. The number of hydrogen-bond acceptors (Lipinski definition) is 1. The molecule has 4 rings (SSSR count). The average molecular weight is 421 g/mol. The van der Waals surface area contributed by atoms with Crippen LogP contribution in [0.5, 0.6) is 0 Å². The first-order valence-electron chi connectivity index (χ1n) is 12.3. The number of ether oxygens (including phenoxy) is 1. The van der Waals surface area contributed by atoms with Crippen LogP contribution in [0.1, 0.15) is 75.3 Å². The molecular formula is C28H40OSi. The van der Waals surface area contributed by atoms with E-state index in [0.29, 0.717) is 5.41 Å². The van der Waals surface area contributed by atoms with Crippen molar-refractivity contribution in [2.75, 3.05) is 13.7 Å². The summed E-state index contributed by atoms with van der Waals surface area (Å²) in [5.74, 6) is 1.50. The zero-order chi connectivity index (χ0) is 21.0. The lowest BCUT2D eigenvalue weighted by Gasteiger charge is -2.37. The van der Waals surface area contributed by atoms with Gasteiger partial charge in [0.05, 0.1) is 0 Å². The molecule has 2 heteroatoms. The predicted octanol–water partition coefficient (Wildman–Crippen LogP) is 7.11. The topological polar surface area (TPSA) is 9.23 Å². The molecule has 2 saturated carbocycles. The Labute approximate surface area is 186 Å². The van der Waals surface area contributed by atoms with Gasteiger partial charge in [-0.05, 0) is 78.0 Å². The molecule has 1 nitrogen and oxygen atoms in total. The molecule has 0 radical (unpaired) electrons. The van der Waals surface area contributed by atoms with Gasteiger partial charge in [-0.25, -0.2) is 0 Å². The first kappa shape index (κ1) is 21.8. The summed E-state index contributed by atoms with van der Waals surface area (Å²) in [5, 5.41) is 0. The van der Waals surface area contributed by atoms with E-state index in [1.165, 1.54) is 68.1 Å². The van der Waals surface area contributed by atoms with Crippen LogP contribution in [0.2, 0.25) is 12.1 Å². The molecular weight excluding hydrogens is 380 g/mol. The third-order valence-electron chi connectivity index (χ3n) is 8.33. The van der Waals surface area contributed by atoms with Crippen LogP contribution in [0.25, 0.3) is 11.1 Å². The second-order valence-corrected chi connectivity index (χ2v) is 12.3. The number of hydrogen-bond donors (Lipinski definition) is 0. The van der Waals surface area contributed by atoms with Gasteiger partial charge in [0.25, 0.3) is 0 Å². The Bertz CT molecular complexity index is 778. The van der Waals surface area contributed by atoms with Crippen molar-refractivity contribution in [1.82, 2.24) is 0 Å². The summed E-state index contributed by atoms with van der Waals surface area (Å²) in [5.41, 5.74) is 7.26. The van der Waals surface area contributed by atoms with Gasteiger partial charge in [-0.1, -0.05) is 80.4 Å². The van der Waals surface area contributed by atoms with Gasteiger partial charge in [-0.2, -0.15) is 0 Å². The fraction of sp³-hybridized carbons (Fsp3) is 0.571. The van der Waals surface area contributed by atoms with E-state index >= 15 is 0 Å². The summed E-state index contributed by atoms with van der Waals surface area (Å²) in [4.78, 5) is 0. The standard InChI is InChI=1S/C28H40OSi/c1-28(18-16-27(30-3)17-19-28)26-14-12-25(13-15-26)24-10-8-23(9-11-24)22-6-4-21(5-7-22)20-29-2/h8-15,21-22,27H,4-7,16-20,30H2,1-3H3/t21-,22-,27-,28-. The molecule has 0 N–H and O–H groups in total. The van der Waals surface area contributed by atoms with Crippen molar-refractivity contribution in [3.05, 3.63) is 59.7 Å². The van der Waals surface area contributed by atoms with Gasteiger partial charge in [0.2, 0.25) is 0 Å². The molecule has 0 aliphatic heterocycles. The Balaban J connectivity index is 1.39. The van der Waals surface area contributed by atoms with Crippen LogP contribution in [0.4, 0.5) is 0 Å². The van der Waals surface area contributed by atoms with E-state index in [1.807, 2.05) is 7.11 Å². The van der Waals surface area contributed by atoms with E-state index in [0.717, 1.165) is 24.0 Å². The SMILES string of the molecule is COC[C@H]1CC[C@H](c2ccc(-c3ccc([C@]4(C)CC[C@@H]([SiH2]C)CC4)cc3)cc2)CC1. The number of benzene rings is 2. The molecule has 0 unspecified atom stereocenters. The molecule has 0 bridgehead atoms. The molecule has 0 spiro atoms. The first-order valence-corrected chi connectivity index (χ1v) is 14.5. The maximum Gasteiger partial charge on any atom is 0.0490 e. The highest BCUT2D eigenvalue weighted by atomic mass is 28.2. The molecule has 0 atom stereocenters. The minimum atomic E-state index is 0.176. The van der Waals surface area contributed by atoms with Crippen molar-refractivity contribution in [3.8, 4) is 11.1 Å². The zero-order valence-corrected chi connectivity index (χ0v) is 20.7. The Morgan fingerprint density at radius 1 is 0.833 bits per heavy atom. The minimum Gasteiger partial charge on any atom is -0.384 e. The highest BCUT2D eigenvalue weighted by molar-refractivity contribution is 6.35. The fourth-order valence-corrected chi connectivity index (χ4v) is 7.15. The van der Waals surface area contributed by atoms with Gasteiger partial charge in [0.15, 0.2) is 0 Å². The summed E-state index contributed by atoms with van der Waals surface area (Å²) >= 11 is 0. The Morgan fingerprint density at radius 3 is 1.93 bits per heavy atom. The van der Waals surface area contributed by atoms with E-state index in [9.17, 15) is 0 Å². The fourth-order valence-electron chi connectivity index (χ4n) is 5.92. The van der Waals surface area contributed by atoms with Crippen molar-refractivity contribution in [1.29, 1.82) is 0 Å². The van der Waals surface area contributed by atoms with E-state index in [1.54, 1.807) is 5.56 Å². The summed E-state index contributed by atoms with van der Waals surface area (Å²) in [6.07, 6.45) is 10.9. The lowest BCUT2D eigenvalue weighted by atomic mass is 9.70. The smallest absolute Gasteiger partial charge is 0.0490 e. The van der Waals surface area contributed by atoms with E-state index in [4.69, 9.17) is 4.74 Å². The highest BCUT2D eigenvalue weighted by Gasteiger charge is 2.32. The summed E-state index contributed by atoms with van der Waals surface area (Å²) in [6.45, 7) is 5.91. The Kier molecular flexibility index (Phi) is 7.15. The molecule has 2 aliphatic rings. The molecule has 162 valence electrons. The van der Waals surface area contributed by atoms with Crippen molar-refractivity contribution < 1.29 is 4.74 Å². The van der Waals surface area contributed by atoms with Crippen LogP contribution in [-0.2, 0) is 10.2 Å². The van der Waals surface area contributed by atoms with E-state index in [2.05, 4.69) is 62.0 Å². The van der Waals surface area contributed by atoms with Gasteiger partial charge in [-0.3, -0.25) is 0 Å². The normalized spacial score (nSPS) is 30.0. The van der Waals surface area contributed by atoms with Crippen LogP contribution in [0.15, 0.2) is 48.5 Å². The van der Waals surface area contributed by atoms with Gasteiger partial charge in [0.1, 0.15) is 0 Å². The number of rotatable bonds is 6. The summed E-state index contributed by atoms with van der Waals surface area (Å²) in [6, 6.07) is 18.9. The second kappa shape index (κ2) is 9.83. The third kappa shape index (κ3) is 4.91. The van der Waals surface area contributed by atoms with Crippen molar-refractivity contribution in [2.24, 2.45) is 5.92 Å². The molecule has 0 saturated heterocycles. The zero-order valence-electron chi connectivity index (χ0n) is 19.3. The van der Waals surface area contributed by atoms with Crippen LogP contribution in [0.3, 0.4) is 0 Å². The lowest BCUT2D eigenvalue weighted by Crippen LogP contribution is -2.28. The molecule has 2 aromatic carbocycles. The van der Waals surface area contributed by atoms with E-state index < -0.39 is 0 Å². The van der Waals surface area contributed by atoms with Crippen LogP contribution < -0.4 is 0 Å². The van der Waals surface area contributed by atoms with Gasteiger partial charge < -0.3 is 4.74 Å². The van der Waals surface area contributed by atoms with Crippen molar-refractivity contribution in [2.45, 2.75) is 81.7 Å². The second-order valence-electron chi connectivity index (χ2n) is 10.3. The monoisotopic (exact) mass is 420 g/mol. The molecule has 0 amide bonds. The molecule has 0 heterocycles. The maximum absolute atomic E-state index is 5.35. The highest BCUT2D eigenvalue weighted by Crippen LogP contribution is 2.43. The maximum atomic E-state index is 5.35. The molecule has 2 fully saturated rings. The number of methoxy groups -OCH3 is 1. The van der Waals surface area contributed by atoms with E-state index in [-0.39, 0.29) is 9.52 Å². The molecule has 2 aromatic rings. The van der Waals surface area contributed by atoms with Gasteiger partial charge in [0, 0.05) is 23.2 Å². The summed E-state index contributed by atoms with van der Waals surface area (Å²) < 4.78 is 5.35. The van der Waals surface area contributed by atoms with Crippen LogP contribution in [0, 0.1) is 5.92 Å². The third-order valence-corrected chi connectivity index (χ3v) is 10.3. The first-order chi connectivity index (χ1) is 14.6. The Morgan fingerprint density at radius 2 is 1.40 bits per heavy atom. The molecule has 0 aromatic heterocycles. The molecule has 30 heavy (non-hydrogen) atoms. The van der Waals surface area contributed by atoms with Gasteiger partial charge in [-0.15, -0.1) is 0 Å². The van der Waals surface area contributed by atoms with Crippen LogP contribution in [-0.4, -0.2) is 23.2 Å². The Hall–Kier alpha value is -1.38. The largest absolute Gasteiger partial charge is 0.384 e. The molecule has 2 aliphatic carbocycles. The van der Waals surface area contributed by atoms with Crippen LogP contribution >= 0.6 is 0 Å². The average Bonchev–Trinajstić information content (AvgIpc) is 2.81. The summed E-state index contributed by atoms with van der Waals surface area (Å²) in [7, 11) is 2.01. The van der Waals surface area contributed by atoms with Crippen molar-refractivity contribution >= 4 is 9.52 Å².